The largest absolute Gasteiger partial charge is 0.505 e. The normalized spacial score (nSPS) is 23.1. The summed E-state index contributed by atoms with van der Waals surface area (Å²) in [5.74, 6) is -3.08. The van der Waals surface area contributed by atoms with Crippen molar-refractivity contribution in [1.29, 1.82) is 0 Å². The van der Waals surface area contributed by atoms with E-state index in [0.29, 0.717) is 37.1 Å². The molecule has 2 saturated heterocycles. The molecule has 3 aromatic carbocycles. The minimum absolute atomic E-state index is 0.219. The van der Waals surface area contributed by atoms with Gasteiger partial charge in [0.1, 0.15) is 0 Å². The fourth-order valence-corrected chi connectivity index (χ4v) is 7.22. The summed E-state index contributed by atoms with van der Waals surface area (Å²) in [5.41, 5.74) is 5.88. The van der Waals surface area contributed by atoms with Crippen LogP contribution >= 0.6 is 0 Å². The number of hydrogen-bond acceptors (Lipinski definition) is 7. The molecule has 2 aliphatic heterocycles. The molecule has 3 N–H and O–H groups in total. The Morgan fingerprint density at radius 2 is 1.80 bits per heavy atom. The van der Waals surface area contributed by atoms with Crippen LogP contribution in [0.3, 0.4) is 0 Å². The van der Waals surface area contributed by atoms with Gasteiger partial charge < -0.3 is 24.8 Å². The van der Waals surface area contributed by atoms with Crippen molar-refractivity contribution in [3.05, 3.63) is 101 Å². The number of benzene rings is 3. The number of carbonyl (C=O) groups is 2. The number of carbonyl (C=O) groups excluding carboxylic acids is 2. The number of allylic oxidation sites excluding steroid dienone is 1. The number of rotatable bonds is 10. The highest BCUT2D eigenvalue weighted by molar-refractivity contribution is 6.43. The molecule has 2 fully saturated rings. The molecule has 46 heavy (non-hydrogen) atoms. The maximum Gasteiger partial charge on any atom is 0.455 e. The minimum atomic E-state index is -1.08. The molecule has 0 saturated carbocycles. The van der Waals surface area contributed by atoms with Crippen LogP contribution in [0.5, 0.6) is 5.75 Å². The van der Waals surface area contributed by atoms with Gasteiger partial charge in [0, 0.05) is 18.5 Å². The molecule has 0 spiro atoms. The average Bonchev–Trinajstić information content (AvgIpc) is 3.30. The standard InChI is InChI=1S/C36H38BFN2O6/c1-3-22(17-23-9-15-31(41)30(38)18-23)10-16-32-33-24(21-45-2)19-28-34(29(33)20-37(44)46-32)36(43)40(35(28)42)27-13-11-26(12-14-27)39-25-7-5-4-6-8-25/h4-9,11-15,17-18,28-29,32,34,39,41,44H,3,10,16,19-21H2,1-2H3/b22-17+/t28-,29+,32-,34-/m1/s1. The Morgan fingerprint density at radius 1 is 1.07 bits per heavy atom. The number of para-hydroxylation sites is 1. The lowest BCUT2D eigenvalue weighted by molar-refractivity contribution is -0.122. The summed E-state index contributed by atoms with van der Waals surface area (Å²) in [4.78, 5) is 29.3. The summed E-state index contributed by atoms with van der Waals surface area (Å²) >= 11 is 0. The molecule has 6 rings (SSSR count). The Hall–Kier alpha value is -4.25. The zero-order valence-corrected chi connectivity index (χ0v) is 26.0. The monoisotopic (exact) mass is 624 g/mol. The van der Waals surface area contributed by atoms with E-state index in [9.17, 15) is 24.1 Å². The molecule has 238 valence electrons. The molecule has 0 radical (unpaired) electrons. The van der Waals surface area contributed by atoms with E-state index in [1.165, 1.54) is 17.0 Å². The second-order valence-electron chi connectivity index (χ2n) is 12.2. The molecular formula is C36H38BFN2O6. The Bertz CT molecular complexity index is 1660. The van der Waals surface area contributed by atoms with Crippen molar-refractivity contribution in [2.75, 3.05) is 23.9 Å². The van der Waals surface area contributed by atoms with Gasteiger partial charge in [-0.25, -0.2) is 4.39 Å². The molecule has 10 heteroatoms. The second kappa shape index (κ2) is 13.6. The molecule has 1 aliphatic carbocycles. The number of aromatic hydroxyl groups is 1. The van der Waals surface area contributed by atoms with Gasteiger partial charge in [-0.05, 0) is 103 Å². The van der Waals surface area contributed by atoms with E-state index in [1.54, 1.807) is 25.3 Å². The highest BCUT2D eigenvalue weighted by atomic mass is 19.1. The van der Waals surface area contributed by atoms with Gasteiger partial charge >= 0.3 is 7.12 Å². The summed E-state index contributed by atoms with van der Waals surface area (Å²) in [6.45, 7) is 2.32. The van der Waals surface area contributed by atoms with Gasteiger partial charge in [-0.15, -0.1) is 0 Å². The highest BCUT2D eigenvalue weighted by Crippen LogP contribution is 2.51. The zero-order valence-electron chi connectivity index (χ0n) is 26.0. The first-order valence-electron chi connectivity index (χ1n) is 15.8. The highest BCUT2D eigenvalue weighted by Gasteiger charge is 2.57. The Labute approximate surface area is 268 Å². The van der Waals surface area contributed by atoms with Gasteiger partial charge in [-0.2, -0.15) is 0 Å². The number of methoxy groups -OCH3 is 1. The molecule has 2 amide bonds. The van der Waals surface area contributed by atoms with E-state index in [-0.39, 0.29) is 24.1 Å². The molecule has 0 bridgehead atoms. The number of phenols is 1. The summed E-state index contributed by atoms with van der Waals surface area (Å²) in [6.07, 6.45) is 3.91. The van der Waals surface area contributed by atoms with Crippen LogP contribution in [0.4, 0.5) is 21.5 Å². The van der Waals surface area contributed by atoms with Crippen molar-refractivity contribution in [3.8, 4) is 5.75 Å². The van der Waals surface area contributed by atoms with Crippen LogP contribution in [0.2, 0.25) is 6.32 Å². The number of amides is 2. The van der Waals surface area contributed by atoms with Crippen LogP contribution < -0.4 is 10.2 Å². The number of halogens is 1. The Morgan fingerprint density at radius 3 is 2.50 bits per heavy atom. The number of ether oxygens (including phenoxy) is 1. The third kappa shape index (κ3) is 6.38. The quantitative estimate of drug-likeness (QED) is 0.134. The molecule has 3 aliphatic rings. The van der Waals surface area contributed by atoms with Crippen LogP contribution in [0, 0.1) is 23.6 Å². The smallest absolute Gasteiger partial charge is 0.455 e. The van der Waals surface area contributed by atoms with Crippen LogP contribution in [-0.2, 0) is 19.0 Å². The number of fused-ring (bicyclic) bond motifs is 3. The lowest BCUT2D eigenvalue weighted by Crippen LogP contribution is -2.46. The number of anilines is 3. The first kappa shape index (κ1) is 31.7. The molecule has 4 atom stereocenters. The van der Waals surface area contributed by atoms with Crippen molar-refractivity contribution in [2.24, 2.45) is 17.8 Å². The predicted molar refractivity (Wildman–Crippen MR) is 176 cm³/mol. The molecule has 2 heterocycles. The zero-order chi connectivity index (χ0) is 32.4. The van der Waals surface area contributed by atoms with Crippen molar-refractivity contribution in [1.82, 2.24) is 0 Å². The van der Waals surface area contributed by atoms with Crippen LogP contribution in [0.1, 0.15) is 38.2 Å². The van der Waals surface area contributed by atoms with E-state index < -0.39 is 36.6 Å². The van der Waals surface area contributed by atoms with Gasteiger partial charge in [0.15, 0.2) is 11.6 Å². The van der Waals surface area contributed by atoms with Crippen molar-refractivity contribution in [3.63, 3.8) is 0 Å². The SMILES string of the molecule is CC/C(=C\c1ccc(O)c(F)c1)CC[C@H]1OB(O)C[C@H]2C1=C(COC)C[C@H]1C(=O)N(c3ccc(Nc4ccccc4)cc3)C(=O)[C@H]12. The van der Waals surface area contributed by atoms with Gasteiger partial charge in [-0.1, -0.05) is 42.8 Å². The van der Waals surface area contributed by atoms with Crippen LogP contribution in [0.15, 0.2) is 89.5 Å². The lowest BCUT2D eigenvalue weighted by Gasteiger charge is -2.43. The maximum atomic E-state index is 14.1. The molecular weight excluding hydrogens is 586 g/mol. The molecule has 3 aromatic rings. The van der Waals surface area contributed by atoms with Gasteiger partial charge in [0.25, 0.3) is 0 Å². The van der Waals surface area contributed by atoms with E-state index >= 15 is 0 Å². The van der Waals surface area contributed by atoms with E-state index in [1.807, 2.05) is 55.5 Å². The maximum absolute atomic E-state index is 14.1. The van der Waals surface area contributed by atoms with E-state index in [4.69, 9.17) is 9.39 Å². The third-order valence-corrected chi connectivity index (χ3v) is 9.34. The lowest BCUT2D eigenvalue weighted by atomic mass is 9.58. The van der Waals surface area contributed by atoms with Crippen LogP contribution in [-0.4, -0.2) is 48.9 Å². The number of phenolic OH excluding ortho intramolecular Hbond substituents is 1. The van der Waals surface area contributed by atoms with Gasteiger partial charge in [-0.3, -0.25) is 14.5 Å². The van der Waals surface area contributed by atoms with E-state index in [2.05, 4.69) is 5.32 Å². The Balaban J connectivity index is 1.24. The first-order chi connectivity index (χ1) is 22.3. The van der Waals surface area contributed by atoms with Crippen molar-refractivity contribution in [2.45, 2.75) is 45.0 Å². The minimum Gasteiger partial charge on any atom is -0.505 e. The number of hydrogen-bond donors (Lipinski definition) is 3. The fourth-order valence-electron chi connectivity index (χ4n) is 7.22. The first-order valence-corrected chi connectivity index (χ1v) is 15.8. The third-order valence-electron chi connectivity index (χ3n) is 9.34. The predicted octanol–water partition coefficient (Wildman–Crippen LogP) is 6.50. The summed E-state index contributed by atoms with van der Waals surface area (Å²) in [6, 6.07) is 21.3. The van der Waals surface area contributed by atoms with Crippen molar-refractivity contribution < 1.29 is 33.5 Å². The molecule has 0 aromatic heterocycles. The van der Waals surface area contributed by atoms with Gasteiger partial charge in [0.2, 0.25) is 11.8 Å². The summed E-state index contributed by atoms with van der Waals surface area (Å²) in [5, 5.41) is 23.8. The topological polar surface area (TPSA) is 108 Å². The Kier molecular flexibility index (Phi) is 9.40. The van der Waals surface area contributed by atoms with Crippen LogP contribution in [0.25, 0.3) is 6.08 Å². The average molecular weight is 625 g/mol. The second-order valence-corrected chi connectivity index (χ2v) is 12.2. The van der Waals surface area contributed by atoms with Crippen molar-refractivity contribution >= 4 is 42.1 Å². The summed E-state index contributed by atoms with van der Waals surface area (Å²) in [7, 11) is 0.525. The number of nitrogens with zero attached hydrogens (tertiary/aromatic N) is 1. The number of nitrogens with one attached hydrogen (secondary N) is 1. The van der Waals surface area contributed by atoms with Gasteiger partial charge in [0.05, 0.1) is 30.2 Å². The van der Waals surface area contributed by atoms with E-state index in [0.717, 1.165) is 34.5 Å². The number of imide groups is 1. The summed E-state index contributed by atoms with van der Waals surface area (Å²) < 4.78 is 25.6. The fraction of sp³-hybridized carbons (Fsp3) is 0.333. The molecule has 8 nitrogen and oxygen atoms in total. The molecule has 0 unspecified atom stereocenters.